The molecule has 3 aromatic rings. The molecule has 1 fully saturated rings. The number of para-hydroxylation sites is 1. The number of carbonyl (C=O) groups excluding carboxylic acids is 2. The fraction of sp³-hybridized carbons (Fsp3) is 0.261. The van der Waals surface area contributed by atoms with E-state index in [9.17, 15) is 22.8 Å². The highest BCUT2D eigenvalue weighted by atomic mass is 19.4. The first-order chi connectivity index (χ1) is 15.7. The van der Waals surface area contributed by atoms with Crippen LogP contribution in [0.2, 0.25) is 0 Å². The second kappa shape index (κ2) is 8.61. The molecule has 0 saturated carbocycles. The van der Waals surface area contributed by atoms with Crippen LogP contribution in [-0.2, 0) is 11.0 Å². The Morgan fingerprint density at radius 3 is 2.55 bits per heavy atom. The number of benzene rings is 2. The number of carbonyl (C=O) groups is 2. The van der Waals surface area contributed by atoms with Gasteiger partial charge in [0.1, 0.15) is 5.75 Å². The summed E-state index contributed by atoms with van der Waals surface area (Å²) in [6.07, 6.45) is -2.75. The van der Waals surface area contributed by atoms with Crippen molar-refractivity contribution in [1.29, 1.82) is 0 Å². The predicted molar refractivity (Wildman–Crippen MR) is 116 cm³/mol. The quantitative estimate of drug-likeness (QED) is 0.607. The van der Waals surface area contributed by atoms with Gasteiger partial charge in [-0.05, 0) is 37.1 Å². The monoisotopic (exact) mass is 458 g/mol. The molecule has 1 aliphatic rings. The van der Waals surface area contributed by atoms with E-state index in [0.29, 0.717) is 30.0 Å². The summed E-state index contributed by atoms with van der Waals surface area (Å²) in [5.74, 6) is -0.674. The molecular weight excluding hydrogens is 437 g/mol. The van der Waals surface area contributed by atoms with Crippen LogP contribution in [0.25, 0.3) is 5.69 Å². The van der Waals surface area contributed by atoms with Crippen molar-refractivity contribution in [2.45, 2.75) is 25.9 Å². The third kappa shape index (κ3) is 4.28. The zero-order chi connectivity index (χ0) is 23.8. The van der Waals surface area contributed by atoms with Crippen LogP contribution in [0.4, 0.5) is 24.5 Å². The zero-order valence-electron chi connectivity index (χ0n) is 17.9. The number of aryl methyl sites for hydroxylation is 1. The first-order valence-corrected chi connectivity index (χ1v) is 10.2. The second-order valence-electron chi connectivity index (χ2n) is 7.59. The van der Waals surface area contributed by atoms with E-state index < -0.39 is 23.3 Å². The summed E-state index contributed by atoms with van der Waals surface area (Å²) in [5.41, 5.74) is -0.200. The highest BCUT2D eigenvalue weighted by molar-refractivity contribution is 6.05. The molecule has 0 radical (unpaired) electrons. The van der Waals surface area contributed by atoms with Crippen LogP contribution >= 0.6 is 0 Å². The summed E-state index contributed by atoms with van der Waals surface area (Å²) in [6.45, 7) is 2.21. The van der Waals surface area contributed by atoms with Gasteiger partial charge < -0.3 is 15.0 Å². The Morgan fingerprint density at radius 1 is 1.15 bits per heavy atom. The van der Waals surface area contributed by atoms with E-state index in [2.05, 4.69) is 10.4 Å². The summed E-state index contributed by atoms with van der Waals surface area (Å²) in [5, 5.41) is 6.33. The Morgan fingerprint density at radius 2 is 1.91 bits per heavy atom. The average molecular weight is 458 g/mol. The van der Waals surface area contributed by atoms with Crippen LogP contribution in [-0.4, -0.2) is 35.2 Å². The number of methoxy groups -OCH3 is 1. The lowest BCUT2D eigenvalue weighted by molar-refractivity contribution is -0.143. The van der Waals surface area contributed by atoms with Crippen molar-refractivity contribution in [3.8, 4) is 11.4 Å². The molecule has 172 valence electrons. The molecule has 4 rings (SSSR count). The molecule has 0 aliphatic carbocycles. The molecule has 0 bridgehead atoms. The van der Waals surface area contributed by atoms with Gasteiger partial charge in [0.05, 0.1) is 30.2 Å². The minimum atomic E-state index is -4.82. The lowest BCUT2D eigenvalue weighted by Gasteiger charge is -2.20. The number of nitrogens with one attached hydrogen (secondary N) is 1. The number of nitrogens with zero attached hydrogens (tertiary/aromatic N) is 3. The molecular formula is C23H21F3N4O3. The number of ether oxygens (including phenoxy) is 1. The van der Waals surface area contributed by atoms with Gasteiger partial charge in [-0.1, -0.05) is 18.2 Å². The van der Waals surface area contributed by atoms with Crippen LogP contribution in [0.3, 0.4) is 0 Å². The van der Waals surface area contributed by atoms with Gasteiger partial charge >= 0.3 is 6.18 Å². The van der Waals surface area contributed by atoms with E-state index in [0.717, 1.165) is 17.3 Å². The average Bonchev–Trinajstić information content (AvgIpc) is 3.40. The number of amides is 2. The van der Waals surface area contributed by atoms with Crippen LogP contribution in [0.15, 0.2) is 48.7 Å². The first kappa shape index (κ1) is 22.4. The van der Waals surface area contributed by atoms with Crippen molar-refractivity contribution in [1.82, 2.24) is 9.78 Å². The number of aromatic nitrogens is 2. The Balaban J connectivity index is 1.67. The van der Waals surface area contributed by atoms with Gasteiger partial charge in [0.15, 0.2) is 5.69 Å². The largest absolute Gasteiger partial charge is 0.494 e. The third-order valence-electron chi connectivity index (χ3n) is 5.43. The van der Waals surface area contributed by atoms with Gasteiger partial charge in [-0.2, -0.15) is 18.3 Å². The Labute approximate surface area is 187 Å². The summed E-state index contributed by atoms with van der Waals surface area (Å²) in [4.78, 5) is 26.5. The molecule has 1 N–H and O–H groups in total. The summed E-state index contributed by atoms with van der Waals surface area (Å²) in [7, 11) is 1.42. The smallest absolute Gasteiger partial charge is 0.434 e. The Kier molecular flexibility index (Phi) is 5.84. The van der Waals surface area contributed by atoms with Gasteiger partial charge in [-0.25, -0.2) is 4.68 Å². The van der Waals surface area contributed by atoms with Gasteiger partial charge in [-0.15, -0.1) is 0 Å². The summed E-state index contributed by atoms with van der Waals surface area (Å²) in [6, 6.07) is 11.1. The number of alkyl halides is 3. The fourth-order valence-corrected chi connectivity index (χ4v) is 3.85. The molecule has 0 atom stereocenters. The maximum atomic E-state index is 13.9. The predicted octanol–water partition coefficient (Wildman–Crippen LogP) is 4.59. The minimum Gasteiger partial charge on any atom is -0.494 e. The standard InChI is InChI=1S/C23H21F3N4O3/c1-14-6-3-4-7-17(14)30-21(23(24,25)26)16(13-27-30)22(32)28-15-9-10-18(19(12-15)33-2)29-11-5-8-20(29)31/h3-4,6-7,9-10,12-13H,5,8,11H2,1-2H3,(H,28,32). The maximum Gasteiger partial charge on any atom is 0.434 e. The van der Waals surface area contributed by atoms with Crippen LogP contribution in [0, 0.1) is 6.92 Å². The van der Waals surface area contributed by atoms with E-state index in [-0.39, 0.29) is 17.3 Å². The van der Waals surface area contributed by atoms with Crippen LogP contribution < -0.4 is 15.0 Å². The molecule has 1 aromatic heterocycles. The molecule has 2 heterocycles. The maximum absolute atomic E-state index is 13.9. The van der Waals surface area contributed by atoms with Crippen molar-refractivity contribution in [2.75, 3.05) is 23.9 Å². The van der Waals surface area contributed by atoms with Crippen molar-refractivity contribution < 1.29 is 27.5 Å². The van der Waals surface area contributed by atoms with Crippen molar-refractivity contribution >= 4 is 23.2 Å². The molecule has 2 amide bonds. The third-order valence-corrected chi connectivity index (χ3v) is 5.43. The van der Waals surface area contributed by atoms with Gasteiger partial charge in [0.2, 0.25) is 5.91 Å². The van der Waals surface area contributed by atoms with Gasteiger partial charge in [-0.3, -0.25) is 9.59 Å². The molecule has 2 aromatic carbocycles. The van der Waals surface area contributed by atoms with E-state index in [1.165, 1.54) is 25.3 Å². The highest BCUT2D eigenvalue weighted by Gasteiger charge is 2.41. The Hall–Kier alpha value is -3.82. The number of hydrogen-bond acceptors (Lipinski definition) is 4. The van der Waals surface area contributed by atoms with Crippen molar-refractivity contribution in [3.63, 3.8) is 0 Å². The normalized spacial score (nSPS) is 14.0. The zero-order valence-corrected chi connectivity index (χ0v) is 17.9. The summed E-state index contributed by atoms with van der Waals surface area (Å²) >= 11 is 0. The molecule has 33 heavy (non-hydrogen) atoms. The first-order valence-electron chi connectivity index (χ1n) is 10.2. The highest BCUT2D eigenvalue weighted by Crippen LogP contribution is 2.36. The molecule has 1 saturated heterocycles. The van der Waals surface area contributed by atoms with Crippen molar-refractivity contribution in [2.24, 2.45) is 0 Å². The van der Waals surface area contributed by atoms with E-state index in [1.807, 2.05) is 0 Å². The molecule has 7 nitrogen and oxygen atoms in total. The fourth-order valence-electron chi connectivity index (χ4n) is 3.85. The Bertz CT molecular complexity index is 1220. The lowest BCUT2D eigenvalue weighted by Crippen LogP contribution is -2.24. The number of hydrogen-bond donors (Lipinski definition) is 1. The molecule has 10 heteroatoms. The number of halogens is 3. The van der Waals surface area contributed by atoms with Gasteiger partial charge in [0.25, 0.3) is 5.91 Å². The topological polar surface area (TPSA) is 76.5 Å². The van der Waals surface area contributed by atoms with Crippen molar-refractivity contribution in [3.05, 3.63) is 65.5 Å². The molecule has 0 unspecified atom stereocenters. The number of anilines is 2. The minimum absolute atomic E-state index is 0.0384. The van der Waals surface area contributed by atoms with E-state index in [4.69, 9.17) is 4.74 Å². The summed E-state index contributed by atoms with van der Waals surface area (Å²) < 4.78 is 47.9. The molecule has 0 spiro atoms. The van der Waals surface area contributed by atoms with Gasteiger partial charge in [0, 0.05) is 24.7 Å². The van der Waals surface area contributed by atoms with E-state index >= 15 is 0 Å². The lowest BCUT2D eigenvalue weighted by atomic mass is 10.1. The SMILES string of the molecule is COc1cc(NC(=O)c2cnn(-c3ccccc3C)c2C(F)(F)F)ccc1N1CCCC1=O. The second-order valence-corrected chi connectivity index (χ2v) is 7.59. The van der Waals surface area contributed by atoms with Crippen LogP contribution in [0.5, 0.6) is 5.75 Å². The van der Waals surface area contributed by atoms with Crippen LogP contribution in [0.1, 0.15) is 34.5 Å². The number of rotatable bonds is 5. The van der Waals surface area contributed by atoms with E-state index in [1.54, 1.807) is 36.1 Å². The molecule has 1 aliphatic heterocycles.